The number of hydrogen-bond acceptors (Lipinski definition) is 3. The highest BCUT2D eigenvalue weighted by atomic mass is 16.5. The number of rotatable bonds is 6. The molecule has 0 heterocycles. The second-order valence-corrected chi connectivity index (χ2v) is 4.24. The molecule has 1 rings (SSSR count). The highest BCUT2D eigenvalue weighted by Gasteiger charge is 2.37. The van der Waals surface area contributed by atoms with Crippen LogP contribution >= 0.6 is 0 Å². The first kappa shape index (κ1) is 12.5. The summed E-state index contributed by atoms with van der Waals surface area (Å²) >= 11 is 0. The van der Waals surface area contributed by atoms with E-state index in [0.717, 1.165) is 19.4 Å². The van der Waals surface area contributed by atoms with Gasteiger partial charge in [0, 0.05) is 20.2 Å². The zero-order valence-corrected chi connectivity index (χ0v) is 9.93. The quantitative estimate of drug-likeness (QED) is 0.683. The van der Waals surface area contributed by atoms with Gasteiger partial charge in [-0.2, -0.15) is 0 Å². The number of hydrogen-bond donors (Lipinski definition) is 2. The number of carbonyl (C=O) groups excluding carboxylic acids is 1. The van der Waals surface area contributed by atoms with E-state index in [4.69, 9.17) is 4.74 Å². The first-order chi connectivity index (χ1) is 7.13. The lowest BCUT2D eigenvalue weighted by molar-refractivity contribution is -0.123. The molecule has 1 aliphatic rings. The van der Waals surface area contributed by atoms with Gasteiger partial charge in [0.15, 0.2) is 0 Å². The van der Waals surface area contributed by atoms with Crippen molar-refractivity contribution >= 4 is 5.91 Å². The molecular formula is C11H22N2O2. The van der Waals surface area contributed by atoms with E-state index in [1.54, 1.807) is 7.11 Å². The van der Waals surface area contributed by atoms with Crippen LogP contribution < -0.4 is 10.6 Å². The fraction of sp³-hybridized carbons (Fsp3) is 0.909. The Bertz CT molecular complexity index is 209. The third-order valence-electron chi connectivity index (χ3n) is 3.17. The lowest BCUT2D eigenvalue weighted by Gasteiger charge is -2.41. The summed E-state index contributed by atoms with van der Waals surface area (Å²) in [6, 6.07) is -0.141. The van der Waals surface area contributed by atoms with E-state index in [9.17, 15) is 4.79 Å². The minimum atomic E-state index is -0.141. The summed E-state index contributed by atoms with van der Waals surface area (Å²) in [5.74, 6) is 0.0584. The average Bonchev–Trinajstić information content (AvgIpc) is 2.17. The predicted octanol–water partition coefficient (Wildman–Crippen LogP) is 0.670. The number of nitrogens with one attached hydrogen (secondary N) is 2. The summed E-state index contributed by atoms with van der Waals surface area (Å²) in [6.45, 7) is 5.25. The lowest BCUT2D eigenvalue weighted by Crippen LogP contribution is -2.52. The fourth-order valence-electron chi connectivity index (χ4n) is 1.78. The third-order valence-corrected chi connectivity index (χ3v) is 3.17. The molecule has 0 spiro atoms. The molecule has 15 heavy (non-hydrogen) atoms. The first-order valence-corrected chi connectivity index (χ1v) is 5.70. The van der Waals surface area contributed by atoms with Gasteiger partial charge in [0.25, 0.3) is 0 Å². The van der Waals surface area contributed by atoms with E-state index in [-0.39, 0.29) is 17.6 Å². The van der Waals surface area contributed by atoms with Gasteiger partial charge >= 0.3 is 0 Å². The van der Waals surface area contributed by atoms with Gasteiger partial charge in [-0.25, -0.2) is 0 Å². The van der Waals surface area contributed by atoms with E-state index in [1.807, 2.05) is 13.8 Å². The van der Waals surface area contributed by atoms with Gasteiger partial charge in [-0.05, 0) is 33.1 Å². The van der Waals surface area contributed by atoms with Crippen LogP contribution in [0.15, 0.2) is 0 Å². The Balaban J connectivity index is 2.26. The molecule has 0 aromatic carbocycles. The van der Waals surface area contributed by atoms with Crippen LogP contribution in [-0.2, 0) is 9.53 Å². The van der Waals surface area contributed by atoms with E-state index in [1.165, 1.54) is 6.42 Å². The van der Waals surface area contributed by atoms with Gasteiger partial charge in [-0.15, -0.1) is 0 Å². The van der Waals surface area contributed by atoms with Crippen LogP contribution in [0.2, 0.25) is 0 Å². The molecule has 88 valence electrons. The molecule has 1 amide bonds. The highest BCUT2D eigenvalue weighted by Crippen LogP contribution is 2.34. The molecule has 0 saturated heterocycles. The van der Waals surface area contributed by atoms with Gasteiger partial charge in [-0.3, -0.25) is 4.79 Å². The van der Waals surface area contributed by atoms with Crippen molar-refractivity contribution < 1.29 is 9.53 Å². The van der Waals surface area contributed by atoms with Crippen molar-refractivity contribution in [1.82, 2.24) is 10.6 Å². The lowest BCUT2D eigenvalue weighted by atomic mass is 9.80. The van der Waals surface area contributed by atoms with Crippen LogP contribution in [0.5, 0.6) is 0 Å². The van der Waals surface area contributed by atoms with E-state index in [0.29, 0.717) is 6.54 Å². The van der Waals surface area contributed by atoms with Crippen molar-refractivity contribution in [3.63, 3.8) is 0 Å². The van der Waals surface area contributed by atoms with E-state index >= 15 is 0 Å². The zero-order valence-electron chi connectivity index (χ0n) is 9.93. The summed E-state index contributed by atoms with van der Waals surface area (Å²) in [6.07, 6.45) is 3.42. The highest BCUT2D eigenvalue weighted by molar-refractivity contribution is 5.81. The Kier molecular flexibility index (Phi) is 4.54. The number of amides is 1. The summed E-state index contributed by atoms with van der Waals surface area (Å²) in [5, 5.41) is 6.02. The van der Waals surface area contributed by atoms with Crippen molar-refractivity contribution in [3.05, 3.63) is 0 Å². The summed E-state index contributed by atoms with van der Waals surface area (Å²) in [5.41, 5.74) is -0.0131. The van der Waals surface area contributed by atoms with Crippen LogP contribution in [0, 0.1) is 0 Å². The van der Waals surface area contributed by atoms with Crippen LogP contribution in [0.4, 0.5) is 0 Å². The Morgan fingerprint density at radius 2 is 2.20 bits per heavy atom. The molecule has 0 aliphatic heterocycles. The molecule has 0 aromatic heterocycles. The Labute approximate surface area is 91.8 Å². The topological polar surface area (TPSA) is 50.4 Å². The van der Waals surface area contributed by atoms with Crippen molar-refractivity contribution in [1.29, 1.82) is 0 Å². The maximum Gasteiger partial charge on any atom is 0.236 e. The fourth-order valence-corrected chi connectivity index (χ4v) is 1.78. The second kappa shape index (κ2) is 5.47. The molecule has 2 N–H and O–H groups in total. The monoisotopic (exact) mass is 214 g/mol. The van der Waals surface area contributed by atoms with E-state index in [2.05, 4.69) is 10.6 Å². The molecule has 1 fully saturated rings. The van der Waals surface area contributed by atoms with Crippen LogP contribution in [0.1, 0.15) is 33.1 Å². The molecule has 1 unspecified atom stereocenters. The minimum Gasteiger partial charge on any atom is -0.377 e. The molecule has 1 aliphatic carbocycles. The van der Waals surface area contributed by atoms with E-state index < -0.39 is 0 Å². The molecular weight excluding hydrogens is 192 g/mol. The largest absolute Gasteiger partial charge is 0.377 e. The number of methoxy groups -OCH3 is 1. The van der Waals surface area contributed by atoms with Crippen molar-refractivity contribution in [2.24, 2.45) is 0 Å². The molecule has 4 heteroatoms. The molecule has 4 nitrogen and oxygen atoms in total. The van der Waals surface area contributed by atoms with Gasteiger partial charge in [-0.1, -0.05) is 0 Å². The molecule has 0 radical (unpaired) electrons. The first-order valence-electron chi connectivity index (χ1n) is 5.70. The number of ether oxygens (including phenoxy) is 1. The Hall–Kier alpha value is -0.610. The Morgan fingerprint density at radius 3 is 2.60 bits per heavy atom. The third kappa shape index (κ3) is 3.18. The molecule has 0 bridgehead atoms. The second-order valence-electron chi connectivity index (χ2n) is 4.24. The normalized spacial score (nSPS) is 20.5. The summed E-state index contributed by atoms with van der Waals surface area (Å²) in [7, 11) is 1.75. The molecule has 1 saturated carbocycles. The van der Waals surface area contributed by atoms with Crippen LogP contribution in [-0.4, -0.2) is 37.7 Å². The summed E-state index contributed by atoms with van der Waals surface area (Å²) < 4.78 is 5.47. The Morgan fingerprint density at radius 1 is 1.53 bits per heavy atom. The van der Waals surface area contributed by atoms with Gasteiger partial charge in [0.2, 0.25) is 5.91 Å². The SMILES string of the molecule is CCNC(=O)C(C)NCC1(OC)CCC1. The standard InChI is InChI=1S/C11H22N2O2/c1-4-12-10(14)9(2)13-8-11(15-3)6-5-7-11/h9,13H,4-8H2,1-3H3,(H,12,14). The van der Waals surface area contributed by atoms with Crippen molar-refractivity contribution in [2.45, 2.75) is 44.8 Å². The van der Waals surface area contributed by atoms with Crippen LogP contribution in [0.3, 0.4) is 0 Å². The predicted molar refractivity (Wildman–Crippen MR) is 59.7 cm³/mol. The zero-order chi connectivity index (χ0) is 11.3. The van der Waals surface area contributed by atoms with Crippen molar-refractivity contribution in [3.8, 4) is 0 Å². The molecule has 1 atom stereocenters. The average molecular weight is 214 g/mol. The summed E-state index contributed by atoms with van der Waals surface area (Å²) in [4.78, 5) is 11.4. The number of carbonyl (C=O) groups is 1. The number of likely N-dealkylation sites (N-methyl/N-ethyl adjacent to an activating group) is 1. The minimum absolute atomic E-state index is 0.0131. The van der Waals surface area contributed by atoms with Gasteiger partial charge in [0.1, 0.15) is 0 Å². The molecule has 0 aromatic rings. The van der Waals surface area contributed by atoms with Crippen molar-refractivity contribution in [2.75, 3.05) is 20.2 Å². The maximum absolute atomic E-state index is 11.4. The van der Waals surface area contributed by atoms with Gasteiger partial charge < -0.3 is 15.4 Å². The van der Waals surface area contributed by atoms with Gasteiger partial charge in [0.05, 0.1) is 11.6 Å². The van der Waals surface area contributed by atoms with Crippen LogP contribution in [0.25, 0.3) is 0 Å². The maximum atomic E-state index is 11.4. The smallest absolute Gasteiger partial charge is 0.236 e.